The van der Waals surface area contributed by atoms with Crippen molar-refractivity contribution in [2.45, 2.75) is 13.0 Å². The number of halogens is 1. The van der Waals surface area contributed by atoms with Gasteiger partial charge in [0.05, 0.1) is 0 Å². The lowest BCUT2D eigenvalue weighted by Gasteiger charge is -2.12. The highest BCUT2D eigenvalue weighted by Crippen LogP contribution is 2.33. The molecule has 1 aromatic rings. The number of hydrogen-bond donors (Lipinski definition) is 0. The van der Waals surface area contributed by atoms with Gasteiger partial charge in [0.15, 0.2) is 0 Å². The topological polar surface area (TPSA) is 52.6 Å². The van der Waals surface area contributed by atoms with Crippen LogP contribution in [0.5, 0.6) is 5.75 Å². The zero-order valence-electron chi connectivity index (χ0n) is 9.68. The van der Waals surface area contributed by atoms with Crippen LogP contribution >= 0.6 is 15.9 Å². The largest absolute Gasteiger partial charge is 0.453 e. The number of hydrogen-bond acceptors (Lipinski definition) is 4. The molecule has 1 aliphatic carbocycles. The predicted molar refractivity (Wildman–Crippen MR) is 69.4 cm³/mol. The van der Waals surface area contributed by atoms with Gasteiger partial charge in [0.25, 0.3) is 0 Å². The van der Waals surface area contributed by atoms with E-state index < -0.39 is 0 Å². The fourth-order valence-electron chi connectivity index (χ4n) is 1.76. The van der Waals surface area contributed by atoms with Crippen LogP contribution in [0, 0.1) is 0 Å². The zero-order chi connectivity index (χ0) is 13.1. The van der Waals surface area contributed by atoms with Gasteiger partial charge in [-0.1, -0.05) is 28.1 Å². The number of carbonyl (C=O) groups excluding carboxylic acids is 2. The minimum absolute atomic E-state index is 0.165. The van der Waals surface area contributed by atoms with Gasteiger partial charge in [0.1, 0.15) is 17.2 Å². The lowest BCUT2D eigenvalue weighted by Crippen LogP contribution is -2.09. The fourth-order valence-corrected chi connectivity index (χ4v) is 1.89. The summed E-state index contributed by atoms with van der Waals surface area (Å²) in [6.45, 7) is 1.35. The summed E-state index contributed by atoms with van der Waals surface area (Å²) in [5.74, 6) is -0.195. The summed E-state index contributed by atoms with van der Waals surface area (Å²) < 4.78 is 10.2. The van der Waals surface area contributed by atoms with E-state index in [2.05, 4.69) is 15.9 Å². The van der Waals surface area contributed by atoms with Gasteiger partial charge in [-0.2, -0.15) is 0 Å². The molecular weight excluding hydrogens is 300 g/mol. The van der Waals surface area contributed by atoms with Crippen LogP contribution in [0.3, 0.4) is 0 Å². The van der Waals surface area contributed by atoms with Crippen LogP contribution in [0.2, 0.25) is 0 Å². The molecule has 0 aromatic heterocycles. The van der Waals surface area contributed by atoms with Crippen molar-refractivity contribution in [3.63, 3.8) is 0 Å². The highest BCUT2D eigenvalue weighted by atomic mass is 79.9. The third-order valence-electron chi connectivity index (χ3n) is 2.44. The number of carbonyl (C=O) groups is 2. The molecule has 0 amide bonds. The molecule has 0 heterocycles. The van der Waals surface area contributed by atoms with Crippen LogP contribution in [0.4, 0.5) is 0 Å². The van der Waals surface area contributed by atoms with Crippen LogP contribution in [0.25, 0.3) is 6.08 Å². The summed E-state index contributed by atoms with van der Waals surface area (Å²) in [7, 11) is 0. The zero-order valence-corrected chi connectivity index (χ0v) is 11.3. The van der Waals surface area contributed by atoms with Crippen molar-refractivity contribution in [1.29, 1.82) is 0 Å². The summed E-state index contributed by atoms with van der Waals surface area (Å²) >= 11 is 3.04. The molecule has 1 atom stereocenters. The van der Waals surface area contributed by atoms with E-state index in [0.29, 0.717) is 5.75 Å². The second-order valence-electron chi connectivity index (χ2n) is 3.79. The summed E-state index contributed by atoms with van der Waals surface area (Å²) in [6.07, 6.45) is 3.27. The monoisotopic (exact) mass is 310 g/mol. The Morgan fingerprint density at radius 1 is 1.39 bits per heavy atom. The number of benzene rings is 1. The molecule has 18 heavy (non-hydrogen) atoms. The molecular formula is C13H11BrO4. The predicted octanol–water partition coefficient (Wildman–Crippen LogP) is 2.62. The maximum atomic E-state index is 11.2. The number of esters is 2. The van der Waals surface area contributed by atoms with Crippen molar-refractivity contribution in [2.75, 3.05) is 5.33 Å². The standard InChI is InChI=1S/C13H11BrO4/c1-8(15)17-10-3-4-11-9(6-10)2-5-12(11)18-13(16)7-14/h2-6,12H,7H2,1H3. The molecule has 1 aliphatic rings. The minimum Gasteiger partial charge on any atom is -0.453 e. The molecule has 94 valence electrons. The molecule has 0 N–H and O–H groups in total. The van der Waals surface area contributed by atoms with Gasteiger partial charge in [-0.05, 0) is 23.8 Å². The first kappa shape index (κ1) is 12.8. The average molecular weight is 311 g/mol. The van der Waals surface area contributed by atoms with Crippen molar-refractivity contribution in [3.05, 3.63) is 35.4 Å². The normalized spacial score (nSPS) is 16.2. The molecule has 0 aliphatic heterocycles. The Morgan fingerprint density at radius 2 is 2.17 bits per heavy atom. The third-order valence-corrected chi connectivity index (χ3v) is 2.90. The number of alkyl halides is 1. The Labute approximate surface area is 113 Å². The molecule has 1 unspecified atom stereocenters. The van der Waals surface area contributed by atoms with E-state index in [0.717, 1.165) is 11.1 Å². The van der Waals surface area contributed by atoms with Crippen molar-refractivity contribution in [1.82, 2.24) is 0 Å². The second-order valence-corrected chi connectivity index (χ2v) is 4.35. The highest BCUT2D eigenvalue weighted by molar-refractivity contribution is 9.09. The van der Waals surface area contributed by atoms with E-state index in [1.54, 1.807) is 24.3 Å². The Morgan fingerprint density at radius 3 is 2.83 bits per heavy atom. The van der Waals surface area contributed by atoms with Crippen molar-refractivity contribution in [2.24, 2.45) is 0 Å². The molecule has 0 spiro atoms. The lowest BCUT2D eigenvalue weighted by atomic mass is 10.1. The first-order valence-electron chi connectivity index (χ1n) is 5.36. The van der Waals surface area contributed by atoms with Crippen LogP contribution < -0.4 is 4.74 Å². The van der Waals surface area contributed by atoms with E-state index in [9.17, 15) is 9.59 Å². The van der Waals surface area contributed by atoms with Crippen molar-refractivity contribution in [3.8, 4) is 5.75 Å². The Balaban J connectivity index is 2.17. The maximum absolute atomic E-state index is 11.2. The molecule has 0 bridgehead atoms. The van der Waals surface area contributed by atoms with E-state index >= 15 is 0 Å². The summed E-state index contributed by atoms with van der Waals surface area (Å²) in [5, 5.41) is 0.165. The van der Waals surface area contributed by atoms with Gasteiger partial charge in [-0.25, -0.2) is 0 Å². The number of fused-ring (bicyclic) bond motifs is 1. The summed E-state index contributed by atoms with van der Waals surface area (Å²) in [6, 6.07) is 5.22. The van der Waals surface area contributed by atoms with Crippen molar-refractivity contribution < 1.29 is 19.1 Å². The van der Waals surface area contributed by atoms with Crippen LogP contribution in [0.1, 0.15) is 24.2 Å². The molecule has 0 radical (unpaired) electrons. The molecule has 1 aromatic carbocycles. The molecule has 0 saturated heterocycles. The Bertz CT molecular complexity index is 522. The van der Waals surface area contributed by atoms with Gasteiger partial charge >= 0.3 is 11.9 Å². The van der Waals surface area contributed by atoms with E-state index in [4.69, 9.17) is 9.47 Å². The molecule has 4 nitrogen and oxygen atoms in total. The molecule has 5 heteroatoms. The van der Waals surface area contributed by atoms with Gasteiger partial charge in [0, 0.05) is 12.5 Å². The Kier molecular flexibility index (Phi) is 3.81. The van der Waals surface area contributed by atoms with E-state index in [1.165, 1.54) is 6.92 Å². The molecule has 0 fully saturated rings. The highest BCUT2D eigenvalue weighted by Gasteiger charge is 2.21. The SMILES string of the molecule is CC(=O)Oc1ccc2c(c1)C=CC2OC(=O)CBr. The van der Waals surface area contributed by atoms with Gasteiger partial charge in [-0.3, -0.25) is 9.59 Å². The van der Waals surface area contributed by atoms with Crippen molar-refractivity contribution >= 4 is 33.9 Å². The summed E-state index contributed by atoms with van der Waals surface area (Å²) in [5.41, 5.74) is 1.78. The van der Waals surface area contributed by atoms with E-state index in [-0.39, 0.29) is 23.4 Å². The maximum Gasteiger partial charge on any atom is 0.317 e. The average Bonchev–Trinajstić information content (AvgIpc) is 2.71. The fraction of sp³-hybridized carbons (Fsp3) is 0.231. The quantitative estimate of drug-likeness (QED) is 0.489. The van der Waals surface area contributed by atoms with Crippen LogP contribution in [-0.2, 0) is 14.3 Å². The summed E-state index contributed by atoms with van der Waals surface area (Å²) in [4.78, 5) is 22.1. The first-order chi connectivity index (χ1) is 8.60. The number of ether oxygens (including phenoxy) is 2. The minimum atomic E-state index is -0.364. The van der Waals surface area contributed by atoms with Gasteiger partial charge in [-0.15, -0.1) is 0 Å². The first-order valence-corrected chi connectivity index (χ1v) is 6.48. The number of rotatable bonds is 3. The van der Waals surface area contributed by atoms with Gasteiger partial charge < -0.3 is 9.47 Å². The van der Waals surface area contributed by atoms with E-state index in [1.807, 2.05) is 6.08 Å². The lowest BCUT2D eigenvalue weighted by molar-refractivity contribution is -0.143. The smallest absolute Gasteiger partial charge is 0.317 e. The second kappa shape index (κ2) is 5.35. The van der Waals surface area contributed by atoms with Gasteiger partial charge in [0.2, 0.25) is 0 Å². The molecule has 0 saturated carbocycles. The van der Waals surface area contributed by atoms with Crippen LogP contribution in [-0.4, -0.2) is 17.3 Å². The Hall–Kier alpha value is -1.62. The van der Waals surface area contributed by atoms with Crippen LogP contribution in [0.15, 0.2) is 24.3 Å². The molecule has 2 rings (SSSR count). The third kappa shape index (κ3) is 2.79.